The van der Waals surface area contributed by atoms with Crippen molar-refractivity contribution in [3.8, 4) is 0 Å². The van der Waals surface area contributed by atoms with Crippen molar-refractivity contribution in [2.24, 2.45) is 11.8 Å². The largest absolute Gasteiger partial charge is 0.396 e. The molecule has 1 aliphatic heterocycles. The van der Waals surface area contributed by atoms with Crippen LogP contribution < -0.4 is 0 Å². The van der Waals surface area contributed by atoms with Crippen molar-refractivity contribution in [2.45, 2.75) is 27.3 Å². The van der Waals surface area contributed by atoms with Crippen LogP contribution in [0.5, 0.6) is 0 Å². The molecule has 1 fully saturated rings. The summed E-state index contributed by atoms with van der Waals surface area (Å²) >= 11 is 0. The first-order valence-electron chi connectivity index (χ1n) is 8.79. The van der Waals surface area contributed by atoms with Gasteiger partial charge in [-0.1, -0.05) is 0 Å². The number of aliphatic hydroxyl groups excluding tert-OH is 2. The van der Waals surface area contributed by atoms with Crippen LogP contribution in [0, 0.1) is 25.7 Å². The van der Waals surface area contributed by atoms with Crippen LogP contribution in [0.3, 0.4) is 0 Å². The van der Waals surface area contributed by atoms with Crippen molar-refractivity contribution in [3.05, 3.63) is 23.0 Å². The van der Waals surface area contributed by atoms with E-state index < -0.39 is 0 Å². The molecule has 24 heavy (non-hydrogen) atoms. The fraction of sp³-hybridized carbons (Fsp3) is 0.722. The van der Waals surface area contributed by atoms with E-state index in [1.807, 2.05) is 31.9 Å². The number of hydrogen-bond acceptors (Lipinski definition) is 4. The molecule has 1 amide bonds. The molecule has 0 bridgehead atoms. The van der Waals surface area contributed by atoms with Gasteiger partial charge in [0.25, 0.3) is 5.91 Å². The summed E-state index contributed by atoms with van der Waals surface area (Å²) in [7, 11) is 1.96. The molecule has 0 spiro atoms. The Morgan fingerprint density at radius 3 is 2.50 bits per heavy atom. The van der Waals surface area contributed by atoms with Gasteiger partial charge in [0.05, 0.1) is 12.2 Å². The third-order valence-corrected chi connectivity index (χ3v) is 5.25. The van der Waals surface area contributed by atoms with Gasteiger partial charge in [-0.25, -0.2) is 0 Å². The molecule has 0 radical (unpaired) electrons. The predicted molar refractivity (Wildman–Crippen MR) is 94.1 cm³/mol. The Labute approximate surface area is 144 Å². The minimum absolute atomic E-state index is 0.0635. The molecule has 1 saturated heterocycles. The normalized spacial score (nSPS) is 21.0. The van der Waals surface area contributed by atoms with Crippen molar-refractivity contribution < 1.29 is 15.0 Å². The van der Waals surface area contributed by atoms with Crippen LogP contribution in [-0.4, -0.2) is 76.9 Å². The molecule has 0 unspecified atom stereocenters. The van der Waals surface area contributed by atoms with Gasteiger partial charge in [0.1, 0.15) is 0 Å². The lowest BCUT2D eigenvalue weighted by Gasteiger charge is -2.23. The van der Waals surface area contributed by atoms with Gasteiger partial charge in [-0.3, -0.25) is 4.79 Å². The van der Waals surface area contributed by atoms with Crippen LogP contribution in [0.1, 0.15) is 28.7 Å². The molecule has 2 rings (SSSR count). The Kier molecular flexibility index (Phi) is 6.43. The highest BCUT2D eigenvalue weighted by molar-refractivity contribution is 5.96. The predicted octanol–water partition coefficient (Wildman–Crippen LogP) is 0.729. The van der Waals surface area contributed by atoms with E-state index in [1.165, 1.54) is 0 Å². The zero-order valence-electron chi connectivity index (χ0n) is 15.3. The Bertz CT molecular complexity index is 570. The molecule has 136 valence electrons. The molecule has 6 heteroatoms. The number of hydrogen-bond donors (Lipinski definition) is 2. The summed E-state index contributed by atoms with van der Waals surface area (Å²) < 4.78 is 2.15. The monoisotopic (exact) mass is 337 g/mol. The first-order chi connectivity index (χ1) is 11.4. The number of rotatable bonds is 7. The number of likely N-dealkylation sites (N-methyl/N-ethyl adjacent to an activating group) is 1. The summed E-state index contributed by atoms with van der Waals surface area (Å²) in [6, 6.07) is 1.97. The average molecular weight is 337 g/mol. The van der Waals surface area contributed by atoms with Crippen molar-refractivity contribution in [2.75, 3.05) is 46.4 Å². The Balaban J connectivity index is 2.11. The second-order valence-corrected chi connectivity index (χ2v) is 6.93. The van der Waals surface area contributed by atoms with Crippen molar-refractivity contribution in [1.82, 2.24) is 14.4 Å². The minimum Gasteiger partial charge on any atom is -0.396 e. The van der Waals surface area contributed by atoms with E-state index in [9.17, 15) is 9.90 Å². The first kappa shape index (κ1) is 19.0. The van der Waals surface area contributed by atoms with Gasteiger partial charge in [0.2, 0.25) is 0 Å². The number of aliphatic hydroxyl groups is 2. The lowest BCUT2D eigenvalue weighted by atomic mass is 9.96. The molecule has 2 N–H and O–H groups in total. The maximum absolute atomic E-state index is 12.9. The third-order valence-electron chi connectivity index (χ3n) is 5.25. The van der Waals surface area contributed by atoms with Gasteiger partial charge in [-0.15, -0.1) is 0 Å². The number of amides is 1. The lowest BCUT2D eigenvalue weighted by Crippen LogP contribution is -2.33. The molecule has 0 aliphatic carbocycles. The van der Waals surface area contributed by atoms with Gasteiger partial charge in [-0.2, -0.15) is 0 Å². The fourth-order valence-corrected chi connectivity index (χ4v) is 3.86. The number of nitrogens with zero attached hydrogens (tertiary/aromatic N) is 3. The second-order valence-electron chi connectivity index (χ2n) is 6.93. The van der Waals surface area contributed by atoms with Crippen LogP contribution in [-0.2, 0) is 6.54 Å². The highest BCUT2D eigenvalue weighted by Gasteiger charge is 2.36. The maximum Gasteiger partial charge on any atom is 0.255 e. The molecule has 6 nitrogen and oxygen atoms in total. The van der Waals surface area contributed by atoms with Crippen molar-refractivity contribution >= 4 is 5.91 Å². The molecular formula is C18H31N3O3. The maximum atomic E-state index is 12.9. The van der Waals surface area contributed by atoms with Crippen LogP contribution in [0.15, 0.2) is 6.07 Å². The molecule has 2 heterocycles. The molecule has 2 atom stereocenters. The SMILES string of the molecule is CCn1c(C)cc(C(=O)N2C[C@@H](CN(C)CCO)[C@@H](CO)C2)c1C. The van der Waals surface area contributed by atoms with E-state index in [-0.39, 0.29) is 31.0 Å². The number of carbonyl (C=O) groups is 1. The number of aryl methyl sites for hydroxylation is 1. The summed E-state index contributed by atoms with van der Waals surface area (Å²) in [5.74, 6) is 0.406. The van der Waals surface area contributed by atoms with E-state index in [4.69, 9.17) is 5.11 Å². The zero-order chi connectivity index (χ0) is 17.9. The highest BCUT2D eigenvalue weighted by atomic mass is 16.3. The average Bonchev–Trinajstić information content (AvgIpc) is 3.07. The third kappa shape index (κ3) is 3.82. The summed E-state index contributed by atoms with van der Waals surface area (Å²) in [6.07, 6.45) is 0. The van der Waals surface area contributed by atoms with Gasteiger partial charge < -0.3 is 24.6 Å². The van der Waals surface area contributed by atoms with Gasteiger partial charge >= 0.3 is 0 Å². The van der Waals surface area contributed by atoms with Crippen molar-refractivity contribution in [1.29, 1.82) is 0 Å². The Morgan fingerprint density at radius 1 is 1.29 bits per heavy atom. The zero-order valence-corrected chi connectivity index (χ0v) is 15.3. The first-order valence-corrected chi connectivity index (χ1v) is 8.79. The lowest BCUT2D eigenvalue weighted by molar-refractivity contribution is 0.0778. The summed E-state index contributed by atoms with van der Waals surface area (Å²) in [5, 5.41) is 18.7. The highest BCUT2D eigenvalue weighted by Crippen LogP contribution is 2.27. The summed E-state index contributed by atoms with van der Waals surface area (Å²) in [6.45, 7) is 9.84. The smallest absolute Gasteiger partial charge is 0.255 e. The van der Waals surface area contributed by atoms with E-state index in [0.29, 0.717) is 19.6 Å². The topological polar surface area (TPSA) is 68.9 Å². The van der Waals surface area contributed by atoms with E-state index in [2.05, 4.69) is 16.4 Å². The summed E-state index contributed by atoms with van der Waals surface area (Å²) in [4.78, 5) is 16.9. The summed E-state index contributed by atoms with van der Waals surface area (Å²) in [5.41, 5.74) is 2.90. The van der Waals surface area contributed by atoms with E-state index in [1.54, 1.807) is 0 Å². The molecular weight excluding hydrogens is 306 g/mol. The fourth-order valence-electron chi connectivity index (χ4n) is 3.86. The number of carbonyl (C=O) groups excluding carboxylic acids is 1. The van der Waals surface area contributed by atoms with Gasteiger partial charge in [-0.05, 0) is 39.8 Å². The van der Waals surface area contributed by atoms with Crippen LogP contribution >= 0.6 is 0 Å². The minimum atomic E-state index is 0.0635. The second kappa shape index (κ2) is 8.14. The Hall–Kier alpha value is -1.37. The Morgan fingerprint density at radius 2 is 1.96 bits per heavy atom. The number of aromatic nitrogens is 1. The van der Waals surface area contributed by atoms with Crippen LogP contribution in [0.2, 0.25) is 0 Å². The standard InChI is InChI=1S/C18H31N3O3/c1-5-21-13(2)8-17(14(21)3)18(24)20-10-15(16(11-20)12-23)9-19(4)6-7-22/h8,15-16,22-23H,5-7,9-12H2,1-4H3/t15-,16-/m1/s1. The quantitative estimate of drug-likeness (QED) is 0.770. The van der Waals surface area contributed by atoms with Crippen LogP contribution in [0.25, 0.3) is 0 Å². The van der Waals surface area contributed by atoms with Crippen LogP contribution in [0.4, 0.5) is 0 Å². The molecule has 1 aliphatic rings. The number of likely N-dealkylation sites (tertiary alicyclic amines) is 1. The van der Waals surface area contributed by atoms with E-state index >= 15 is 0 Å². The van der Waals surface area contributed by atoms with Gasteiger partial charge in [0.15, 0.2) is 0 Å². The molecule has 0 aromatic carbocycles. The molecule has 1 aromatic rings. The molecule has 0 saturated carbocycles. The van der Waals surface area contributed by atoms with Gasteiger partial charge in [0, 0.05) is 56.6 Å². The van der Waals surface area contributed by atoms with E-state index in [0.717, 1.165) is 30.0 Å². The molecule has 1 aromatic heterocycles. The van der Waals surface area contributed by atoms with Crippen molar-refractivity contribution in [3.63, 3.8) is 0 Å².